The highest BCUT2D eigenvalue weighted by Gasteiger charge is 2.22. The zero-order valence-electron chi connectivity index (χ0n) is 8.83. The first-order chi connectivity index (χ1) is 7.43. The fourth-order valence-corrected chi connectivity index (χ4v) is 2.12. The van der Waals surface area contributed by atoms with Crippen LogP contribution >= 0.6 is 0 Å². The predicted molar refractivity (Wildman–Crippen MR) is 58.0 cm³/mol. The molecular formula is C12H16N2O. The maximum Gasteiger partial charge on any atom is 0.218 e. The molecule has 1 N–H and O–H groups in total. The molecule has 15 heavy (non-hydrogen) atoms. The topological polar surface area (TPSA) is 34.1 Å². The molecule has 1 aliphatic heterocycles. The van der Waals surface area contributed by atoms with Crippen molar-refractivity contribution >= 4 is 0 Å². The van der Waals surface area contributed by atoms with Gasteiger partial charge in [0.1, 0.15) is 6.61 Å². The van der Waals surface area contributed by atoms with E-state index in [9.17, 15) is 0 Å². The number of ether oxygens (including phenoxy) is 1. The normalized spacial score (nSPS) is 21.1. The number of rotatable bonds is 1. The van der Waals surface area contributed by atoms with Crippen LogP contribution in [0.4, 0.5) is 0 Å². The second-order valence-corrected chi connectivity index (χ2v) is 4.35. The molecule has 3 rings (SSSR count). The Bertz CT molecular complexity index is 361. The summed E-state index contributed by atoms with van der Waals surface area (Å²) in [5, 5.41) is 3.32. The Morgan fingerprint density at radius 3 is 3.07 bits per heavy atom. The van der Waals surface area contributed by atoms with Crippen LogP contribution in [0.1, 0.15) is 36.4 Å². The first kappa shape index (κ1) is 9.16. The number of nitrogens with zero attached hydrogens (tertiary/aromatic N) is 1. The molecule has 3 nitrogen and oxygen atoms in total. The van der Waals surface area contributed by atoms with E-state index in [1.165, 1.54) is 30.5 Å². The highest BCUT2D eigenvalue weighted by Crippen LogP contribution is 2.36. The quantitative estimate of drug-likeness (QED) is 0.757. The first-order valence-electron chi connectivity index (χ1n) is 5.77. The Morgan fingerprint density at radius 2 is 2.27 bits per heavy atom. The van der Waals surface area contributed by atoms with Gasteiger partial charge in [0.25, 0.3) is 0 Å². The van der Waals surface area contributed by atoms with Crippen LogP contribution in [0.5, 0.6) is 5.88 Å². The summed E-state index contributed by atoms with van der Waals surface area (Å²) in [6, 6.07) is 4.33. The lowest BCUT2D eigenvalue weighted by Crippen LogP contribution is -2.16. The zero-order chi connectivity index (χ0) is 10.1. The lowest BCUT2D eigenvalue weighted by Gasteiger charge is -2.25. The molecule has 0 radical (unpaired) electrons. The van der Waals surface area contributed by atoms with E-state index in [0.29, 0.717) is 5.92 Å². The molecule has 1 aromatic heterocycles. The number of pyridine rings is 1. The summed E-state index contributed by atoms with van der Waals surface area (Å²) in [6.07, 6.45) is 3.94. The van der Waals surface area contributed by atoms with E-state index in [4.69, 9.17) is 4.74 Å². The molecule has 0 atom stereocenters. The molecule has 80 valence electrons. The third-order valence-electron chi connectivity index (χ3n) is 3.32. The van der Waals surface area contributed by atoms with Crippen molar-refractivity contribution in [1.29, 1.82) is 0 Å². The molecule has 0 amide bonds. The summed E-state index contributed by atoms with van der Waals surface area (Å²) in [5.74, 6) is 1.54. The van der Waals surface area contributed by atoms with Crippen molar-refractivity contribution in [2.45, 2.75) is 31.7 Å². The maximum atomic E-state index is 5.63. The molecular weight excluding hydrogens is 188 g/mol. The van der Waals surface area contributed by atoms with Crippen LogP contribution < -0.4 is 10.1 Å². The number of hydrogen-bond donors (Lipinski definition) is 1. The van der Waals surface area contributed by atoms with Crippen molar-refractivity contribution in [2.24, 2.45) is 0 Å². The van der Waals surface area contributed by atoms with Crippen LogP contribution in [0.3, 0.4) is 0 Å². The minimum atomic E-state index is 0.690. The molecule has 0 unspecified atom stereocenters. The van der Waals surface area contributed by atoms with Gasteiger partial charge in [-0.15, -0.1) is 0 Å². The number of aromatic nitrogens is 1. The molecule has 3 heteroatoms. The van der Waals surface area contributed by atoms with Crippen LogP contribution in [0.15, 0.2) is 12.1 Å². The monoisotopic (exact) mass is 204 g/mol. The van der Waals surface area contributed by atoms with Gasteiger partial charge in [0, 0.05) is 30.3 Å². The standard InChI is InChI=1S/C12H16N2O/c1-2-9(3-1)11-5-4-10-8-13-6-7-15-12(10)14-11/h4-5,9,13H,1-3,6-8H2. The fourth-order valence-electron chi connectivity index (χ4n) is 2.12. The van der Waals surface area contributed by atoms with Crippen LogP contribution in [0.2, 0.25) is 0 Å². The Balaban J connectivity index is 1.89. The van der Waals surface area contributed by atoms with Crippen molar-refractivity contribution < 1.29 is 4.74 Å². The smallest absolute Gasteiger partial charge is 0.218 e. The number of hydrogen-bond acceptors (Lipinski definition) is 3. The molecule has 2 aliphatic rings. The minimum Gasteiger partial charge on any atom is -0.476 e. The summed E-state index contributed by atoms with van der Waals surface area (Å²) in [6.45, 7) is 2.52. The zero-order valence-corrected chi connectivity index (χ0v) is 8.83. The largest absolute Gasteiger partial charge is 0.476 e. The van der Waals surface area contributed by atoms with Gasteiger partial charge in [0.05, 0.1) is 0 Å². The van der Waals surface area contributed by atoms with Crippen molar-refractivity contribution in [1.82, 2.24) is 10.3 Å². The fraction of sp³-hybridized carbons (Fsp3) is 0.583. The molecule has 1 aromatic rings. The first-order valence-corrected chi connectivity index (χ1v) is 5.77. The Hall–Kier alpha value is -1.09. The Morgan fingerprint density at radius 1 is 1.33 bits per heavy atom. The van der Waals surface area contributed by atoms with E-state index in [-0.39, 0.29) is 0 Å². The Labute approximate surface area is 89.9 Å². The van der Waals surface area contributed by atoms with E-state index >= 15 is 0 Å². The molecule has 0 bridgehead atoms. The van der Waals surface area contributed by atoms with E-state index < -0.39 is 0 Å². The second kappa shape index (κ2) is 3.81. The summed E-state index contributed by atoms with van der Waals surface area (Å²) >= 11 is 0. The molecule has 1 aliphatic carbocycles. The van der Waals surface area contributed by atoms with Crippen molar-refractivity contribution in [3.8, 4) is 5.88 Å². The highest BCUT2D eigenvalue weighted by atomic mass is 16.5. The van der Waals surface area contributed by atoms with Crippen molar-refractivity contribution in [3.63, 3.8) is 0 Å². The van der Waals surface area contributed by atoms with E-state index in [1.54, 1.807) is 0 Å². The SMILES string of the molecule is c1cc2c(nc1C1CCC1)OCCNC2. The van der Waals surface area contributed by atoms with Crippen LogP contribution in [0.25, 0.3) is 0 Å². The summed E-state index contributed by atoms with van der Waals surface area (Å²) in [7, 11) is 0. The lowest BCUT2D eigenvalue weighted by molar-refractivity contribution is 0.309. The van der Waals surface area contributed by atoms with Gasteiger partial charge in [-0.3, -0.25) is 0 Å². The van der Waals surface area contributed by atoms with Crippen LogP contribution in [-0.2, 0) is 6.54 Å². The second-order valence-electron chi connectivity index (χ2n) is 4.35. The number of fused-ring (bicyclic) bond motifs is 1. The predicted octanol–water partition coefficient (Wildman–Crippen LogP) is 1.83. The third kappa shape index (κ3) is 1.72. The lowest BCUT2D eigenvalue weighted by atomic mass is 9.82. The summed E-state index contributed by atoms with van der Waals surface area (Å²) < 4.78 is 5.63. The van der Waals surface area contributed by atoms with Gasteiger partial charge in [-0.1, -0.05) is 12.5 Å². The van der Waals surface area contributed by atoms with Crippen molar-refractivity contribution in [2.75, 3.05) is 13.2 Å². The van der Waals surface area contributed by atoms with E-state index in [2.05, 4.69) is 22.4 Å². The van der Waals surface area contributed by atoms with Gasteiger partial charge < -0.3 is 10.1 Å². The molecule has 1 saturated carbocycles. The third-order valence-corrected chi connectivity index (χ3v) is 3.32. The average molecular weight is 204 g/mol. The summed E-state index contributed by atoms with van der Waals surface area (Å²) in [5.41, 5.74) is 2.41. The molecule has 0 aromatic carbocycles. The highest BCUT2D eigenvalue weighted by molar-refractivity contribution is 5.30. The van der Waals surface area contributed by atoms with Gasteiger partial charge in [-0.25, -0.2) is 4.98 Å². The molecule has 1 fully saturated rings. The van der Waals surface area contributed by atoms with Gasteiger partial charge in [0.15, 0.2) is 0 Å². The van der Waals surface area contributed by atoms with Gasteiger partial charge in [0.2, 0.25) is 5.88 Å². The number of nitrogens with one attached hydrogen (secondary N) is 1. The molecule has 0 saturated heterocycles. The maximum absolute atomic E-state index is 5.63. The van der Waals surface area contributed by atoms with E-state index in [1.807, 2.05) is 0 Å². The molecule has 2 heterocycles. The average Bonchev–Trinajstić information content (AvgIpc) is 2.39. The van der Waals surface area contributed by atoms with Gasteiger partial charge in [-0.2, -0.15) is 0 Å². The van der Waals surface area contributed by atoms with Crippen molar-refractivity contribution in [3.05, 3.63) is 23.4 Å². The van der Waals surface area contributed by atoms with E-state index in [0.717, 1.165) is 25.6 Å². The summed E-state index contributed by atoms with van der Waals surface area (Å²) in [4.78, 5) is 4.63. The van der Waals surface area contributed by atoms with Gasteiger partial charge in [-0.05, 0) is 18.9 Å². The molecule has 0 spiro atoms. The van der Waals surface area contributed by atoms with Crippen LogP contribution in [-0.4, -0.2) is 18.1 Å². The van der Waals surface area contributed by atoms with Gasteiger partial charge >= 0.3 is 0 Å². The minimum absolute atomic E-state index is 0.690. The Kier molecular flexibility index (Phi) is 2.33. The van der Waals surface area contributed by atoms with Crippen LogP contribution in [0, 0.1) is 0 Å².